The van der Waals surface area contributed by atoms with E-state index in [1.807, 2.05) is 0 Å². The van der Waals surface area contributed by atoms with Gasteiger partial charge in [0.05, 0.1) is 17.2 Å². The summed E-state index contributed by atoms with van der Waals surface area (Å²) >= 11 is 7.51. The van der Waals surface area contributed by atoms with Crippen molar-refractivity contribution in [3.63, 3.8) is 0 Å². The molecule has 2 rings (SSSR count). The molecule has 0 atom stereocenters. The number of hydrogen-bond donors (Lipinski definition) is 2. The van der Waals surface area contributed by atoms with Gasteiger partial charge in [0.1, 0.15) is 10.8 Å². The number of carbonyl (C=O) groups excluding carboxylic acids is 1. The number of benzene rings is 1. The van der Waals surface area contributed by atoms with Crippen molar-refractivity contribution in [1.82, 2.24) is 10.4 Å². The number of halogens is 1. The fourth-order valence-corrected chi connectivity index (χ4v) is 2.61. The lowest BCUT2D eigenvalue weighted by Crippen LogP contribution is -2.30. The molecule has 3 N–H and O–H groups in total. The van der Waals surface area contributed by atoms with E-state index in [9.17, 15) is 4.79 Å². The number of hydrogen-bond acceptors (Lipinski definition) is 5. The van der Waals surface area contributed by atoms with Gasteiger partial charge in [0, 0.05) is 11.9 Å². The molecule has 0 aliphatic carbocycles. The maximum atomic E-state index is 11.6. The number of hydrazine groups is 1. The van der Waals surface area contributed by atoms with Crippen LogP contribution in [0.3, 0.4) is 0 Å². The number of carbonyl (C=O) groups is 1. The third kappa shape index (κ3) is 4.35. The second-order valence-electron chi connectivity index (χ2n) is 3.96. The van der Waals surface area contributed by atoms with E-state index in [4.69, 9.17) is 22.2 Å². The number of rotatable bonds is 6. The summed E-state index contributed by atoms with van der Waals surface area (Å²) in [4.78, 5) is 15.8. The first kappa shape index (κ1) is 15.6. The molecule has 0 unspecified atom stereocenters. The summed E-state index contributed by atoms with van der Waals surface area (Å²) in [5.41, 5.74) is 2.50. The van der Waals surface area contributed by atoms with Crippen LogP contribution in [-0.2, 0) is 0 Å². The van der Waals surface area contributed by atoms with E-state index >= 15 is 0 Å². The molecule has 1 amide bonds. The highest BCUT2D eigenvalue weighted by molar-refractivity contribution is 7.99. The summed E-state index contributed by atoms with van der Waals surface area (Å²) in [7, 11) is 0. The van der Waals surface area contributed by atoms with Gasteiger partial charge in [0.15, 0.2) is 0 Å². The smallest absolute Gasteiger partial charge is 0.268 e. The average Bonchev–Trinajstić information content (AvgIpc) is 2.52. The molecule has 0 saturated heterocycles. The van der Waals surface area contributed by atoms with Gasteiger partial charge in [-0.05, 0) is 24.3 Å². The predicted molar refractivity (Wildman–Crippen MR) is 83.6 cm³/mol. The minimum atomic E-state index is -0.383. The third-order valence-corrected chi connectivity index (χ3v) is 3.95. The summed E-state index contributed by atoms with van der Waals surface area (Å²) in [6.45, 7) is 0.423. The summed E-state index contributed by atoms with van der Waals surface area (Å²) in [5, 5.41) is 1.38. The number of para-hydroxylation sites is 1. The Morgan fingerprint density at radius 3 is 2.90 bits per heavy atom. The molecule has 7 heteroatoms. The monoisotopic (exact) mass is 323 g/mol. The van der Waals surface area contributed by atoms with Crippen molar-refractivity contribution in [1.29, 1.82) is 0 Å². The molecule has 1 aromatic heterocycles. The van der Waals surface area contributed by atoms with Crippen LogP contribution in [0.15, 0.2) is 47.6 Å². The third-order valence-electron chi connectivity index (χ3n) is 2.57. The average molecular weight is 324 g/mol. The Labute approximate surface area is 131 Å². The number of nitrogen functional groups attached to an aromatic ring is 1. The number of thioether (sulfide) groups is 1. The minimum absolute atomic E-state index is 0.383. The van der Waals surface area contributed by atoms with Crippen LogP contribution >= 0.6 is 23.4 Å². The lowest BCUT2D eigenvalue weighted by atomic mass is 10.2. The van der Waals surface area contributed by atoms with Gasteiger partial charge in [-0.15, -0.1) is 11.8 Å². The molecule has 110 valence electrons. The number of aromatic nitrogens is 1. The van der Waals surface area contributed by atoms with Crippen LogP contribution in [0.4, 0.5) is 0 Å². The largest absolute Gasteiger partial charge is 0.492 e. The van der Waals surface area contributed by atoms with Crippen molar-refractivity contribution < 1.29 is 9.53 Å². The highest BCUT2D eigenvalue weighted by Gasteiger charge is 2.10. The standard InChI is InChI=1S/C14H14ClN3O2S/c15-11-5-3-7-17-14(11)21-9-8-20-12-6-2-1-4-10(12)13(19)18-16/h1-7H,8-9,16H2,(H,18,19). The summed E-state index contributed by atoms with van der Waals surface area (Å²) in [5.74, 6) is 5.91. The van der Waals surface area contributed by atoms with Crippen molar-refractivity contribution in [3.8, 4) is 5.75 Å². The topological polar surface area (TPSA) is 77.2 Å². The van der Waals surface area contributed by atoms with Crippen LogP contribution in [0, 0.1) is 0 Å². The molecular weight excluding hydrogens is 310 g/mol. The quantitative estimate of drug-likeness (QED) is 0.281. The Bertz CT molecular complexity index is 625. The normalized spacial score (nSPS) is 10.2. The van der Waals surface area contributed by atoms with Crippen LogP contribution in [0.25, 0.3) is 0 Å². The van der Waals surface area contributed by atoms with Crippen molar-refractivity contribution in [2.24, 2.45) is 5.84 Å². The second-order valence-corrected chi connectivity index (χ2v) is 5.45. The molecule has 0 radical (unpaired) electrons. The van der Waals surface area contributed by atoms with Gasteiger partial charge >= 0.3 is 0 Å². The van der Waals surface area contributed by atoms with Gasteiger partial charge in [0.2, 0.25) is 0 Å². The van der Waals surface area contributed by atoms with E-state index in [1.54, 1.807) is 42.6 Å². The molecular formula is C14H14ClN3O2S. The number of amides is 1. The van der Waals surface area contributed by atoms with Gasteiger partial charge < -0.3 is 4.74 Å². The summed E-state index contributed by atoms with van der Waals surface area (Å²) in [6, 6.07) is 10.5. The zero-order valence-corrected chi connectivity index (χ0v) is 12.7. The maximum Gasteiger partial charge on any atom is 0.268 e. The van der Waals surface area contributed by atoms with Gasteiger partial charge in [-0.3, -0.25) is 10.2 Å². The first-order valence-electron chi connectivity index (χ1n) is 6.18. The van der Waals surface area contributed by atoms with Crippen molar-refractivity contribution in [3.05, 3.63) is 53.2 Å². The van der Waals surface area contributed by atoms with Crippen LogP contribution in [0.5, 0.6) is 5.75 Å². The Kier molecular flexibility index (Phi) is 5.86. The van der Waals surface area contributed by atoms with E-state index in [0.29, 0.717) is 28.7 Å². The highest BCUT2D eigenvalue weighted by Crippen LogP contribution is 2.24. The highest BCUT2D eigenvalue weighted by atomic mass is 35.5. The van der Waals surface area contributed by atoms with E-state index in [-0.39, 0.29) is 5.91 Å². The number of nitrogens with one attached hydrogen (secondary N) is 1. The first-order valence-corrected chi connectivity index (χ1v) is 7.55. The van der Waals surface area contributed by atoms with Gasteiger partial charge in [-0.25, -0.2) is 10.8 Å². The Hall–Kier alpha value is -1.76. The first-order chi connectivity index (χ1) is 10.2. The van der Waals surface area contributed by atoms with Gasteiger partial charge in [0.25, 0.3) is 5.91 Å². The van der Waals surface area contributed by atoms with Gasteiger partial charge in [-0.2, -0.15) is 0 Å². The van der Waals surface area contributed by atoms with E-state index in [1.165, 1.54) is 11.8 Å². The molecule has 0 aliphatic heterocycles. The van der Waals surface area contributed by atoms with Crippen LogP contribution in [0.2, 0.25) is 5.02 Å². The van der Waals surface area contributed by atoms with E-state index < -0.39 is 0 Å². The summed E-state index contributed by atoms with van der Waals surface area (Å²) < 4.78 is 5.61. The van der Waals surface area contributed by atoms with E-state index in [0.717, 1.165) is 5.03 Å². The maximum absolute atomic E-state index is 11.6. The lowest BCUT2D eigenvalue weighted by molar-refractivity contribution is 0.0950. The molecule has 0 spiro atoms. The Balaban J connectivity index is 1.90. The predicted octanol–water partition coefficient (Wildman–Crippen LogP) is 2.51. The molecule has 2 aromatic rings. The lowest BCUT2D eigenvalue weighted by Gasteiger charge is -2.10. The molecule has 5 nitrogen and oxygen atoms in total. The molecule has 21 heavy (non-hydrogen) atoms. The van der Waals surface area contributed by atoms with E-state index in [2.05, 4.69) is 10.4 Å². The number of nitrogens with zero attached hydrogens (tertiary/aromatic N) is 1. The summed E-state index contributed by atoms with van der Waals surface area (Å²) in [6.07, 6.45) is 1.69. The van der Waals surface area contributed by atoms with Crippen LogP contribution in [0.1, 0.15) is 10.4 Å². The zero-order chi connectivity index (χ0) is 15.1. The molecule has 1 heterocycles. The number of nitrogens with two attached hydrogens (primary N) is 1. The number of pyridine rings is 1. The molecule has 1 aromatic carbocycles. The minimum Gasteiger partial charge on any atom is -0.492 e. The Morgan fingerprint density at radius 1 is 1.33 bits per heavy atom. The van der Waals surface area contributed by atoms with Crippen molar-refractivity contribution >= 4 is 29.3 Å². The van der Waals surface area contributed by atoms with Crippen molar-refractivity contribution in [2.45, 2.75) is 5.03 Å². The second kappa shape index (κ2) is 7.87. The SMILES string of the molecule is NNC(=O)c1ccccc1OCCSc1ncccc1Cl. The van der Waals surface area contributed by atoms with Gasteiger partial charge in [-0.1, -0.05) is 23.7 Å². The van der Waals surface area contributed by atoms with Crippen LogP contribution in [-0.4, -0.2) is 23.3 Å². The molecule has 0 fully saturated rings. The zero-order valence-electron chi connectivity index (χ0n) is 11.1. The fourth-order valence-electron chi connectivity index (χ4n) is 1.63. The molecule has 0 aliphatic rings. The Morgan fingerprint density at radius 2 is 2.14 bits per heavy atom. The molecule has 0 bridgehead atoms. The van der Waals surface area contributed by atoms with Crippen LogP contribution < -0.4 is 16.0 Å². The number of ether oxygens (including phenoxy) is 1. The van der Waals surface area contributed by atoms with Crippen molar-refractivity contribution in [2.75, 3.05) is 12.4 Å². The molecule has 0 saturated carbocycles. The fraction of sp³-hybridized carbons (Fsp3) is 0.143.